The van der Waals surface area contributed by atoms with Crippen molar-refractivity contribution in [2.75, 3.05) is 11.9 Å². The highest BCUT2D eigenvalue weighted by molar-refractivity contribution is 8.00. The highest BCUT2D eigenvalue weighted by atomic mass is 32.2. The van der Waals surface area contributed by atoms with Crippen LogP contribution in [0.1, 0.15) is 65.3 Å². The number of hydrogen-bond acceptors (Lipinski definition) is 7. The molecule has 3 rings (SSSR count). The van der Waals surface area contributed by atoms with Crippen LogP contribution in [0.5, 0.6) is 0 Å². The van der Waals surface area contributed by atoms with E-state index in [1.165, 1.54) is 28.0 Å². The maximum atomic E-state index is 13.0. The molecule has 1 amide bonds. The van der Waals surface area contributed by atoms with Crippen molar-refractivity contribution in [3.05, 3.63) is 33.5 Å². The Labute approximate surface area is 179 Å². The van der Waals surface area contributed by atoms with Gasteiger partial charge in [0.2, 0.25) is 5.91 Å². The lowest BCUT2D eigenvalue weighted by Gasteiger charge is -2.15. The van der Waals surface area contributed by atoms with Gasteiger partial charge >= 0.3 is 5.97 Å². The van der Waals surface area contributed by atoms with Gasteiger partial charge in [0.05, 0.1) is 17.4 Å². The largest absolute Gasteiger partial charge is 0.462 e. The summed E-state index contributed by atoms with van der Waals surface area (Å²) in [6, 6.07) is 1.91. The zero-order chi connectivity index (χ0) is 21.0. The fourth-order valence-electron chi connectivity index (χ4n) is 3.46. The minimum absolute atomic E-state index is 0.135. The third-order valence-corrected chi connectivity index (χ3v) is 7.19. The number of fused-ring (bicyclic) bond motifs is 1. The number of thiophene rings is 1. The quantitative estimate of drug-likeness (QED) is 0.387. The van der Waals surface area contributed by atoms with Crippen LogP contribution in [0.15, 0.2) is 11.2 Å². The third kappa shape index (κ3) is 5.17. The SMILES string of the molecule is CCOC(=O)c1c(NC(=O)[C@@H](CC)Sc2nc(C)cc(C)n2)sc2c1CCCC2. The van der Waals surface area contributed by atoms with Crippen LogP contribution in [-0.4, -0.2) is 33.7 Å². The number of carbonyl (C=O) groups is 2. The molecular weight excluding hydrogens is 406 g/mol. The second-order valence-corrected chi connectivity index (χ2v) is 9.35. The third-order valence-electron chi connectivity index (χ3n) is 4.76. The van der Waals surface area contributed by atoms with E-state index in [0.717, 1.165) is 42.6 Å². The summed E-state index contributed by atoms with van der Waals surface area (Å²) >= 11 is 2.87. The molecule has 0 fully saturated rings. The van der Waals surface area contributed by atoms with E-state index in [1.807, 2.05) is 26.8 Å². The number of hydrogen-bond donors (Lipinski definition) is 1. The standard InChI is InChI=1S/C21H27N3O3S2/c1-5-15(29-21-22-12(3)11-13(4)23-21)18(25)24-19-17(20(26)27-6-2)14-9-7-8-10-16(14)28-19/h11,15H,5-10H2,1-4H3,(H,24,25)/t15-/m1/s1. The van der Waals surface area contributed by atoms with Gasteiger partial charge in [-0.05, 0) is 64.5 Å². The molecule has 0 saturated carbocycles. The molecule has 8 heteroatoms. The highest BCUT2D eigenvalue weighted by Crippen LogP contribution is 2.39. The molecule has 0 saturated heterocycles. The molecule has 156 valence electrons. The van der Waals surface area contributed by atoms with Crippen molar-refractivity contribution in [3.63, 3.8) is 0 Å². The molecule has 1 N–H and O–H groups in total. The number of aryl methyl sites for hydroxylation is 3. The maximum absolute atomic E-state index is 13.0. The predicted molar refractivity (Wildman–Crippen MR) is 117 cm³/mol. The predicted octanol–water partition coefficient (Wildman–Crippen LogP) is 4.72. The van der Waals surface area contributed by atoms with Crippen LogP contribution < -0.4 is 5.32 Å². The molecule has 0 unspecified atom stereocenters. The highest BCUT2D eigenvalue weighted by Gasteiger charge is 2.29. The Morgan fingerprint density at radius 3 is 2.55 bits per heavy atom. The molecule has 1 atom stereocenters. The fourth-order valence-corrected chi connectivity index (χ4v) is 5.72. The molecule has 0 aromatic carbocycles. The molecule has 0 spiro atoms. The summed E-state index contributed by atoms with van der Waals surface area (Å²) in [5, 5.41) is 3.88. The van der Waals surface area contributed by atoms with Crippen LogP contribution in [0.4, 0.5) is 5.00 Å². The summed E-state index contributed by atoms with van der Waals surface area (Å²) in [5.74, 6) is -0.482. The van der Waals surface area contributed by atoms with Gasteiger partial charge in [-0.3, -0.25) is 4.79 Å². The Morgan fingerprint density at radius 2 is 1.90 bits per heavy atom. The minimum atomic E-state index is -0.347. The minimum Gasteiger partial charge on any atom is -0.462 e. The molecule has 29 heavy (non-hydrogen) atoms. The molecule has 6 nitrogen and oxygen atoms in total. The monoisotopic (exact) mass is 433 g/mol. The van der Waals surface area contributed by atoms with Crippen molar-refractivity contribution in [2.45, 2.75) is 70.2 Å². The molecule has 0 aliphatic heterocycles. The average molecular weight is 434 g/mol. The van der Waals surface area contributed by atoms with Gasteiger partial charge in [0.25, 0.3) is 0 Å². The number of rotatable bonds is 7. The Morgan fingerprint density at radius 1 is 1.21 bits per heavy atom. The first-order valence-corrected chi connectivity index (χ1v) is 11.7. The molecule has 2 heterocycles. The Kier molecular flexibility index (Phi) is 7.29. The Balaban J connectivity index is 1.83. The number of thioether (sulfide) groups is 1. The van der Waals surface area contributed by atoms with Gasteiger partial charge in [0, 0.05) is 16.3 Å². The number of aromatic nitrogens is 2. The first kappa shape index (κ1) is 21.8. The van der Waals surface area contributed by atoms with Crippen molar-refractivity contribution >= 4 is 40.0 Å². The number of esters is 1. The fraction of sp³-hybridized carbons (Fsp3) is 0.524. The number of amides is 1. The van der Waals surface area contributed by atoms with Gasteiger partial charge in [0.15, 0.2) is 5.16 Å². The lowest BCUT2D eigenvalue weighted by atomic mass is 9.95. The number of nitrogens with one attached hydrogen (secondary N) is 1. The van der Waals surface area contributed by atoms with Gasteiger partial charge in [0.1, 0.15) is 5.00 Å². The molecule has 1 aliphatic rings. The van der Waals surface area contributed by atoms with Crippen LogP contribution >= 0.6 is 23.1 Å². The second kappa shape index (κ2) is 9.71. The summed E-state index contributed by atoms with van der Waals surface area (Å²) in [4.78, 5) is 35.7. The number of nitrogens with zero attached hydrogens (tertiary/aromatic N) is 2. The number of carbonyl (C=O) groups excluding carboxylic acids is 2. The molecular formula is C21H27N3O3S2. The van der Waals surface area contributed by atoms with Crippen molar-refractivity contribution in [1.82, 2.24) is 9.97 Å². The van der Waals surface area contributed by atoms with E-state index in [9.17, 15) is 9.59 Å². The lowest BCUT2D eigenvalue weighted by molar-refractivity contribution is -0.115. The molecule has 2 aromatic rings. The first-order chi connectivity index (χ1) is 13.9. The topological polar surface area (TPSA) is 81.2 Å². The van der Waals surface area contributed by atoms with Crippen molar-refractivity contribution in [3.8, 4) is 0 Å². The summed E-state index contributed by atoms with van der Waals surface area (Å²) in [5.41, 5.74) is 3.35. The Bertz CT molecular complexity index is 891. The van der Waals surface area contributed by atoms with Gasteiger partial charge < -0.3 is 10.1 Å². The van der Waals surface area contributed by atoms with E-state index < -0.39 is 0 Å². The Hall–Kier alpha value is -1.93. The molecule has 0 bridgehead atoms. The summed E-state index contributed by atoms with van der Waals surface area (Å²) in [6.45, 7) is 7.91. The zero-order valence-electron chi connectivity index (χ0n) is 17.3. The van der Waals surface area contributed by atoms with Gasteiger partial charge in [-0.2, -0.15) is 0 Å². The van der Waals surface area contributed by atoms with Crippen molar-refractivity contribution in [1.29, 1.82) is 0 Å². The summed E-state index contributed by atoms with van der Waals surface area (Å²) in [6.07, 6.45) is 4.61. The van der Waals surface area contributed by atoms with E-state index in [2.05, 4.69) is 15.3 Å². The van der Waals surface area contributed by atoms with E-state index in [0.29, 0.717) is 28.7 Å². The first-order valence-electron chi connectivity index (χ1n) is 10.0. The van der Waals surface area contributed by atoms with E-state index in [1.54, 1.807) is 6.92 Å². The zero-order valence-corrected chi connectivity index (χ0v) is 19.0. The second-order valence-electron chi connectivity index (χ2n) is 7.07. The number of ether oxygens (including phenoxy) is 1. The number of anilines is 1. The van der Waals surface area contributed by atoms with Gasteiger partial charge in [-0.1, -0.05) is 18.7 Å². The molecule has 0 radical (unpaired) electrons. The van der Waals surface area contributed by atoms with E-state index in [4.69, 9.17) is 4.74 Å². The van der Waals surface area contributed by atoms with Gasteiger partial charge in [-0.25, -0.2) is 14.8 Å². The van der Waals surface area contributed by atoms with Crippen molar-refractivity contribution < 1.29 is 14.3 Å². The van der Waals surface area contributed by atoms with Crippen LogP contribution in [-0.2, 0) is 22.4 Å². The van der Waals surface area contributed by atoms with E-state index >= 15 is 0 Å². The summed E-state index contributed by atoms with van der Waals surface area (Å²) < 4.78 is 5.27. The van der Waals surface area contributed by atoms with Crippen LogP contribution in [0.2, 0.25) is 0 Å². The lowest BCUT2D eigenvalue weighted by Crippen LogP contribution is -2.25. The molecule has 1 aliphatic carbocycles. The van der Waals surface area contributed by atoms with Crippen LogP contribution in [0.25, 0.3) is 0 Å². The maximum Gasteiger partial charge on any atom is 0.341 e. The molecule has 2 aromatic heterocycles. The average Bonchev–Trinajstić information content (AvgIpc) is 3.03. The van der Waals surface area contributed by atoms with E-state index in [-0.39, 0.29) is 17.1 Å². The summed E-state index contributed by atoms with van der Waals surface area (Å²) in [7, 11) is 0. The normalized spacial score (nSPS) is 14.2. The van der Waals surface area contributed by atoms with Crippen LogP contribution in [0.3, 0.4) is 0 Å². The smallest absolute Gasteiger partial charge is 0.341 e. The van der Waals surface area contributed by atoms with Crippen LogP contribution in [0, 0.1) is 13.8 Å². The van der Waals surface area contributed by atoms with Crippen molar-refractivity contribution in [2.24, 2.45) is 0 Å². The van der Waals surface area contributed by atoms with Gasteiger partial charge in [-0.15, -0.1) is 11.3 Å².